The second-order valence-corrected chi connectivity index (χ2v) is 5.48. The van der Waals surface area contributed by atoms with Crippen molar-refractivity contribution in [3.05, 3.63) is 12.3 Å². The highest BCUT2D eigenvalue weighted by molar-refractivity contribution is 5.68. The minimum absolute atomic E-state index is 0.0115. The van der Waals surface area contributed by atoms with Crippen molar-refractivity contribution in [2.45, 2.75) is 51.4 Å². The van der Waals surface area contributed by atoms with Crippen LogP contribution in [0.15, 0.2) is 12.3 Å². The third kappa shape index (κ3) is 4.26. The molecule has 0 radical (unpaired) electrons. The maximum absolute atomic E-state index is 11.6. The third-order valence-corrected chi connectivity index (χ3v) is 2.67. The van der Waals surface area contributed by atoms with E-state index in [9.17, 15) is 15.0 Å². The summed E-state index contributed by atoms with van der Waals surface area (Å²) in [5, 5.41) is 21.6. The molecule has 5 heteroatoms. The zero-order valence-corrected chi connectivity index (χ0v) is 10.6. The number of nitrogens with one attached hydrogen (secondary N) is 1. The van der Waals surface area contributed by atoms with Gasteiger partial charge in [0.25, 0.3) is 0 Å². The minimum atomic E-state index is -0.562. The standard InChI is InChI=1S/C12H21NO4/c1-7(14)9-5-8(15)6-10(9)13-11(16)17-12(2,3)4/h8-10,14-15H,1,5-6H2,2-4H3,(H,13,16)/t8-,9-,10-/m0/s1. The van der Waals surface area contributed by atoms with Crippen LogP contribution >= 0.6 is 0 Å². The lowest BCUT2D eigenvalue weighted by Crippen LogP contribution is -2.41. The first-order chi connectivity index (χ1) is 7.69. The summed E-state index contributed by atoms with van der Waals surface area (Å²) >= 11 is 0. The maximum Gasteiger partial charge on any atom is 0.407 e. The number of alkyl carbamates (subject to hydrolysis) is 1. The van der Waals surface area contributed by atoms with Gasteiger partial charge in [0.1, 0.15) is 5.60 Å². The molecule has 1 aliphatic rings. The number of carbonyl (C=O) groups is 1. The van der Waals surface area contributed by atoms with Gasteiger partial charge in [-0.2, -0.15) is 0 Å². The number of aliphatic hydroxyl groups excluding tert-OH is 2. The summed E-state index contributed by atoms with van der Waals surface area (Å²) in [6.45, 7) is 8.78. The van der Waals surface area contributed by atoms with Crippen molar-refractivity contribution in [2.75, 3.05) is 0 Å². The predicted octanol–water partition coefficient (Wildman–Crippen LogP) is 1.72. The van der Waals surface area contributed by atoms with Gasteiger partial charge >= 0.3 is 6.09 Å². The van der Waals surface area contributed by atoms with Crippen molar-refractivity contribution in [3.63, 3.8) is 0 Å². The summed E-state index contributed by atoms with van der Waals surface area (Å²) in [6.07, 6.45) is -0.245. The molecule has 0 saturated heterocycles. The number of hydrogen-bond acceptors (Lipinski definition) is 4. The topological polar surface area (TPSA) is 78.8 Å². The summed E-state index contributed by atoms with van der Waals surface area (Å²) in [7, 11) is 0. The zero-order valence-electron chi connectivity index (χ0n) is 10.6. The molecule has 0 aromatic heterocycles. The largest absolute Gasteiger partial charge is 0.513 e. The smallest absolute Gasteiger partial charge is 0.407 e. The van der Waals surface area contributed by atoms with Crippen LogP contribution in [-0.2, 0) is 4.74 Å². The SMILES string of the molecule is C=C(O)[C@@H]1C[C@H](O)C[C@@H]1NC(=O)OC(C)(C)C. The molecule has 1 aliphatic carbocycles. The number of ether oxygens (including phenoxy) is 1. The van der Waals surface area contributed by atoms with Gasteiger partial charge in [-0.1, -0.05) is 6.58 Å². The molecule has 17 heavy (non-hydrogen) atoms. The summed E-state index contributed by atoms with van der Waals surface area (Å²) in [4.78, 5) is 11.6. The predicted molar refractivity (Wildman–Crippen MR) is 63.7 cm³/mol. The van der Waals surface area contributed by atoms with Crippen molar-refractivity contribution in [2.24, 2.45) is 5.92 Å². The molecule has 1 amide bonds. The molecule has 1 saturated carbocycles. The lowest BCUT2D eigenvalue weighted by molar-refractivity contribution is 0.0491. The highest BCUT2D eigenvalue weighted by atomic mass is 16.6. The van der Waals surface area contributed by atoms with E-state index in [4.69, 9.17) is 4.74 Å². The fraction of sp³-hybridized carbons (Fsp3) is 0.750. The molecule has 3 atom stereocenters. The van der Waals surface area contributed by atoms with E-state index >= 15 is 0 Å². The number of rotatable bonds is 2. The lowest BCUT2D eigenvalue weighted by Gasteiger charge is -2.24. The Kier molecular flexibility index (Phi) is 4.03. The molecule has 0 aromatic rings. The molecule has 0 unspecified atom stereocenters. The Morgan fingerprint density at radius 1 is 1.41 bits per heavy atom. The van der Waals surface area contributed by atoms with E-state index in [1.807, 2.05) is 0 Å². The van der Waals surface area contributed by atoms with E-state index < -0.39 is 17.8 Å². The Balaban J connectivity index is 2.55. The van der Waals surface area contributed by atoms with Gasteiger partial charge in [0, 0.05) is 12.0 Å². The van der Waals surface area contributed by atoms with E-state index in [1.165, 1.54) is 0 Å². The molecular weight excluding hydrogens is 222 g/mol. The maximum atomic E-state index is 11.6. The Labute approximate surface area is 101 Å². The highest BCUT2D eigenvalue weighted by Crippen LogP contribution is 2.30. The van der Waals surface area contributed by atoms with Crippen molar-refractivity contribution in [3.8, 4) is 0 Å². The monoisotopic (exact) mass is 243 g/mol. The van der Waals surface area contributed by atoms with Crippen molar-refractivity contribution >= 4 is 6.09 Å². The van der Waals surface area contributed by atoms with Gasteiger partial charge in [0.05, 0.1) is 11.9 Å². The van der Waals surface area contributed by atoms with Gasteiger partial charge in [0.2, 0.25) is 0 Å². The lowest BCUT2D eigenvalue weighted by atomic mass is 10.0. The number of hydrogen-bond donors (Lipinski definition) is 3. The molecular formula is C12H21NO4. The molecule has 5 nitrogen and oxygen atoms in total. The molecule has 1 rings (SSSR count). The first kappa shape index (κ1) is 13.8. The molecule has 1 fully saturated rings. The van der Waals surface area contributed by atoms with E-state index in [1.54, 1.807) is 20.8 Å². The molecule has 0 aromatic carbocycles. The number of aliphatic hydroxyl groups is 2. The highest BCUT2D eigenvalue weighted by Gasteiger charge is 2.36. The Morgan fingerprint density at radius 3 is 2.47 bits per heavy atom. The van der Waals surface area contributed by atoms with Gasteiger partial charge in [-0.05, 0) is 33.6 Å². The molecule has 0 aliphatic heterocycles. The Bertz CT molecular complexity index is 308. The van der Waals surface area contributed by atoms with Crippen LogP contribution in [0, 0.1) is 5.92 Å². The number of carbonyl (C=O) groups excluding carboxylic acids is 1. The summed E-state index contributed by atoms with van der Waals surface area (Å²) in [5.74, 6) is -0.319. The summed E-state index contributed by atoms with van der Waals surface area (Å²) in [5.41, 5.74) is -0.562. The Hall–Kier alpha value is -1.23. The van der Waals surface area contributed by atoms with Gasteiger partial charge in [-0.25, -0.2) is 4.79 Å². The van der Waals surface area contributed by atoms with Crippen LogP contribution in [0.4, 0.5) is 4.79 Å². The van der Waals surface area contributed by atoms with Crippen molar-refractivity contribution in [1.82, 2.24) is 5.32 Å². The fourth-order valence-corrected chi connectivity index (χ4v) is 2.00. The van der Waals surface area contributed by atoms with E-state index in [2.05, 4.69) is 11.9 Å². The van der Waals surface area contributed by atoms with Crippen LogP contribution in [-0.4, -0.2) is 34.1 Å². The van der Waals surface area contributed by atoms with E-state index in [0.29, 0.717) is 12.8 Å². The van der Waals surface area contributed by atoms with Crippen molar-refractivity contribution < 1.29 is 19.7 Å². The first-order valence-corrected chi connectivity index (χ1v) is 5.74. The van der Waals surface area contributed by atoms with Crippen LogP contribution in [0.25, 0.3) is 0 Å². The molecule has 0 heterocycles. The minimum Gasteiger partial charge on any atom is -0.513 e. The van der Waals surface area contributed by atoms with Gasteiger partial charge in [-0.3, -0.25) is 0 Å². The zero-order chi connectivity index (χ0) is 13.2. The van der Waals surface area contributed by atoms with Crippen LogP contribution < -0.4 is 5.32 Å². The van der Waals surface area contributed by atoms with Crippen LogP contribution in [0.5, 0.6) is 0 Å². The van der Waals surface area contributed by atoms with Crippen LogP contribution in [0.2, 0.25) is 0 Å². The van der Waals surface area contributed by atoms with E-state index in [0.717, 1.165) is 0 Å². The second-order valence-electron chi connectivity index (χ2n) is 5.48. The van der Waals surface area contributed by atoms with E-state index in [-0.39, 0.29) is 17.7 Å². The Morgan fingerprint density at radius 2 is 2.00 bits per heavy atom. The molecule has 3 N–H and O–H groups in total. The average molecular weight is 243 g/mol. The first-order valence-electron chi connectivity index (χ1n) is 5.74. The molecule has 0 bridgehead atoms. The normalized spacial score (nSPS) is 28.8. The van der Waals surface area contributed by atoms with Gasteiger partial charge < -0.3 is 20.3 Å². The second kappa shape index (κ2) is 4.96. The molecule has 98 valence electrons. The van der Waals surface area contributed by atoms with Crippen LogP contribution in [0.3, 0.4) is 0 Å². The van der Waals surface area contributed by atoms with Crippen molar-refractivity contribution in [1.29, 1.82) is 0 Å². The molecule has 0 spiro atoms. The quantitative estimate of drug-likeness (QED) is 0.645. The third-order valence-electron chi connectivity index (χ3n) is 2.67. The fourth-order valence-electron chi connectivity index (χ4n) is 2.00. The summed E-state index contributed by atoms with van der Waals surface area (Å²) < 4.78 is 5.12. The number of amides is 1. The van der Waals surface area contributed by atoms with Crippen LogP contribution in [0.1, 0.15) is 33.6 Å². The summed E-state index contributed by atoms with van der Waals surface area (Å²) in [6, 6.07) is -0.322. The average Bonchev–Trinajstić information content (AvgIpc) is 2.42. The van der Waals surface area contributed by atoms with Gasteiger partial charge in [0.15, 0.2) is 0 Å². The van der Waals surface area contributed by atoms with Gasteiger partial charge in [-0.15, -0.1) is 0 Å².